The molecule has 0 radical (unpaired) electrons. The Morgan fingerprint density at radius 1 is 1.42 bits per heavy atom. The molecule has 0 saturated heterocycles. The molecule has 1 aromatic heterocycles. The summed E-state index contributed by atoms with van der Waals surface area (Å²) in [5.74, 6) is 0.784. The van der Waals surface area contributed by atoms with Gasteiger partial charge >= 0.3 is 0 Å². The highest BCUT2D eigenvalue weighted by atomic mass is 32.1. The average Bonchev–Trinajstić information content (AvgIpc) is 2.91. The molecule has 19 heavy (non-hydrogen) atoms. The third-order valence-corrected chi connectivity index (χ3v) is 4.65. The second kappa shape index (κ2) is 4.87. The fourth-order valence-electron chi connectivity index (χ4n) is 2.74. The molecule has 1 aromatic carbocycles. The maximum absolute atomic E-state index is 10.0. The highest BCUT2D eigenvalue weighted by molar-refractivity contribution is 7.10. The van der Waals surface area contributed by atoms with Crippen LogP contribution in [0.2, 0.25) is 0 Å². The molecular weight excluding hydrogens is 258 g/mol. The van der Waals surface area contributed by atoms with Crippen molar-refractivity contribution in [1.82, 2.24) is 4.90 Å². The quantitative estimate of drug-likeness (QED) is 0.914. The van der Waals surface area contributed by atoms with Crippen LogP contribution in [0, 0.1) is 0 Å². The lowest BCUT2D eigenvalue weighted by Gasteiger charge is -2.34. The van der Waals surface area contributed by atoms with Crippen LogP contribution < -0.4 is 4.74 Å². The van der Waals surface area contributed by atoms with E-state index in [9.17, 15) is 5.11 Å². The minimum absolute atomic E-state index is 0.220. The van der Waals surface area contributed by atoms with Crippen molar-refractivity contribution in [2.75, 3.05) is 20.7 Å². The Hall–Kier alpha value is -1.52. The van der Waals surface area contributed by atoms with E-state index in [4.69, 9.17) is 4.74 Å². The van der Waals surface area contributed by atoms with Gasteiger partial charge in [-0.25, -0.2) is 0 Å². The number of thiophene rings is 1. The molecule has 0 amide bonds. The van der Waals surface area contributed by atoms with E-state index in [2.05, 4.69) is 29.5 Å². The molecule has 1 atom stereocenters. The lowest BCUT2D eigenvalue weighted by Crippen LogP contribution is -2.32. The van der Waals surface area contributed by atoms with Gasteiger partial charge in [0.25, 0.3) is 0 Å². The van der Waals surface area contributed by atoms with Gasteiger partial charge in [-0.2, -0.15) is 0 Å². The Labute approximate surface area is 117 Å². The molecule has 4 heteroatoms. The highest BCUT2D eigenvalue weighted by Gasteiger charge is 2.28. The summed E-state index contributed by atoms with van der Waals surface area (Å²) < 4.78 is 5.20. The van der Waals surface area contributed by atoms with E-state index in [1.807, 2.05) is 12.1 Å². The van der Waals surface area contributed by atoms with Crippen LogP contribution in [0.3, 0.4) is 0 Å². The van der Waals surface area contributed by atoms with E-state index in [0.717, 1.165) is 13.0 Å². The number of rotatable bonds is 2. The van der Waals surface area contributed by atoms with Crippen LogP contribution in [0.4, 0.5) is 0 Å². The fourth-order valence-corrected chi connectivity index (χ4v) is 3.65. The number of hydrogen-bond acceptors (Lipinski definition) is 4. The first-order chi connectivity index (χ1) is 9.20. The highest BCUT2D eigenvalue weighted by Crippen LogP contribution is 2.40. The molecule has 3 nitrogen and oxygen atoms in total. The number of ether oxygens (including phenoxy) is 1. The van der Waals surface area contributed by atoms with Crippen LogP contribution in [-0.4, -0.2) is 30.7 Å². The van der Waals surface area contributed by atoms with Gasteiger partial charge in [-0.15, -0.1) is 11.3 Å². The van der Waals surface area contributed by atoms with E-state index in [0.29, 0.717) is 5.75 Å². The number of benzene rings is 1. The summed E-state index contributed by atoms with van der Waals surface area (Å²) in [5, 5.41) is 12.1. The zero-order valence-corrected chi connectivity index (χ0v) is 11.9. The van der Waals surface area contributed by atoms with E-state index >= 15 is 0 Å². The number of methoxy groups -OCH3 is 1. The zero-order valence-electron chi connectivity index (χ0n) is 11.1. The summed E-state index contributed by atoms with van der Waals surface area (Å²) in [7, 11) is 3.72. The van der Waals surface area contributed by atoms with Crippen LogP contribution >= 0.6 is 11.3 Å². The molecule has 1 unspecified atom stereocenters. The van der Waals surface area contributed by atoms with Gasteiger partial charge in [-0.3, -0.25) is 4.90 Å². The molecule has 0 aliphatic carbocycles. The maximum atomic E-state index is 10.0. The van der Waals surface area contributed by atoms with Gasteiger partial charge in [-0.05, 0) is 48.2 Å². The SMILES string of the molecule is COc1cc2c(cc1O)C(c1cccs1)N(C)CC2. The number of nitrogens with zero attached hydrogens (tertiary/aromatic N) is 1. The molecule has 100 valence electrons. The van der Waals surface area contributed by atoms with Crippen molar-refractivity contribution < 1.29 is 9.84 Å². The van der Waals surface area contributed by atoms with Crippen LogP contribution in [0.5, 0.6) is 11.5 Å². The van der Waals surface area contributed by atoms with Crippen LogP contribution in [0.1, 0.15) is 22.0 Å². The Bertz CT molecular complexity index is 580. The minimum atomic E-state index is 0.220. The van der Waals surface area contributed by atoms with Gasteiger partial charge < -0.3 is 9.84 Å². The van der Waals surface area contributed by atoms with E-state index in [1.165, 1.54) is 16.0 Å². The van der Waals surface area contributed by atoms with Crippen molar-refractivity contribution in [3.63, 3.8) is 0 Å². The smallest absolute Gasteiger partial charge is 0.160 e. The molecule has 0 fully saturated rings. The fraction of sp³-hybridized carbons (Fsp3) is 0.333. The third-order valence-electron chi connectivity index (χ3n) is 3.72. The Balaban J connectivity index is 2.12. The van der Waals surface area contributed by atoms with Crippen LogP contribution in [0.15, 0.2) is 29.6 Å². The molecule has 0 bridgehead atoms. The van der Waals surface area contributed by atoms with Crippen molar-refractivity contribution >= 4 is 11.3 Å². The van der Waals surface area contributed by atoms with Gasteiger partial charge in [0.2, 0.25) is 0 Å². The van der Waals surface area contributed by atoms with Gasteiger partial charge in [0.1, 0.15) is 0 Å². The van der Waals surface area contributed by atoms with Gasteiger partial charge in [0.05, 0.1) is 13.2 Å². The largest absolute Gasteiger partial charge is 0.504 e. The van der Waals surface area contributed by atoms with Crippen molar-refractivity contribution in [2.24, 2.45) is 0 Å². The molecule has 3 rings (SSSR count). The zero-order chi connectivity index (χ0) is 13.4. The maximum Gasteiger partial charge on any atom is 0.160 e. The molecule has 2 aromatic rings. The third kappa shape index (κ3) is 2.11. The number of aromatic hydroxyl groups is 1. The number of phenolic OH excluding ortho intramolecular Hbond substituents is 1. The normalized spacial score (nSPS) is 19.2. The number of likely N-dealkylation sites (N-methyl/N-ethyl adjacent to an activating group) is 1. The van der Waals surface area contributed by atoms with Crippen LogP contribution in [0.25, 0.3) is 0 Å². The van der Waals surface area contributed by atoms with E-state index in [1.54, 1.807) is 18.4 Å². The molecule has 0 saturated carbocycles. The number of phenols is 1. The molecule has 1 aliphatic rings. The summed E-state index contributed by atoms with van der Waals surface area (Å²) in [6, 6.07) is 8.29. The van der Waals surface area contributed by atoms with Crippen LogP contribution in [-0.2, 0) is 6.42 Å². The van der Waals surface area contributed by atoms with Crippen molar-refractivity contribution in [3.05, 3.63) is 45.6 Å². The lowest BCUT2D eigenvalue weighted by molar-refractivity contribution is 0.266. The summed E-state index contributed by atoms with van der Waals surface area (Å²) in [4.78, 5) is 3.65. The first kappa shape index (κ1) is 12.5. The average molecular weight is 275 g/mol. The second-order valence-corrected chi connectivity index (χ2v) is 5.85. The molecule has 1 N–H and O–H groups in total. The van der Waals surface area contributed by atoms with Gasteiger partial charge in [0, 0.05) is 11.4 Å². The minimum Gasteiger partial charge on any atom is -0.504 e. The number of fused-ring (bicyclic) bond motifs is 1. The monoisotopic (exact) mass is 275 g/mol. The lowest BCUT2D eigenvalue weighted by atomic mass is 9.91. The summed E-state index contributed by atoms with van der Waals surface area (Å²) in [6.45, 7) is 1.02. The molecule has 1 aliphatic heterocycles. The Morgan fingerprint density at radius 2 is 2.26 bits per heavy atom. The van der Waals surface area contributed by atoms with E-state index < -0.39 is 0 Å². The standard InChI is InChI=1S/C15H17NO2S/c1-16-6-5-10-8-13(18-2)12(17)9-11(10)15(16)14-4-3-7-19-14/h3-4,7-9,15,17H,5-6H2,1-2H3. The predicted molar refractivity (Wildman–Crippen MR) is 77.2 cm³/mol. The van der Waals surface area contributed by atoms with Crippen molar-refractivity contribution in [3.8, 4) is 11.5 Å². The van der Waals surface area contributed by atoms with Gasteiger partial charge in [0.15, 0.2) is 11.5 Å². The first-order valence-corrected chi connectivity index (χ1v) is 7.22. The topological polar surface area (TPSA) is 32.7 Å². The van der Waals surface area contributed by atoms with Gasteiger partial charge in [-0.1, -0.05) is 6.07 Å². The molecule has 0 spiro atoms. The molecular formula is C15H17NO2S. The van der Waals surface area contributed by atoms with Crippen molar-refractivity contribution in [1.29, 1.82) is 0 Å². The second-order valence-electron chi connectivity index (χ2n) is 4.87. The predicted octanol–water partition coefficient (Wildman–Crippen LogP) is 3.04. The summed E-state index contributed by atoms with van der Waals surface area (Å²) >= 11 is 1.76. The summed E-state index contributed by atoms with van der Waals surface area (Å²) in [6.07, 6.45) is 0.990. The first-order valence-electron chi connectivity index (χ1n) is 6.34. The van der Waals surface area contributed by atoms with Crippen molar-refractivity contribution in [2.45, 2.75) is 12.5 Å². The van der Waals surface area contributed by atoms with E-state index in [-0.39, 0.29) is 11.8 Å². The number of hydrogen-bond donors (Lipinski definition) is 1. The Kier molecular flexibility index (Phi) is 3.21. The summed E-state index contributed by atoms with van der Waals surface area (Å²) in [5.41, 5.74) is 2.46. The Morgan fingerprint density at radius 3 is 2.95 bits per heavy atom. The molecule has 2 heterocycles.